The molecule has 6 nitrogen and oxygen atoms in total. The lowest BCUT2D eigenvalue weighted by molar-refractivity contribution is -0.384. The van der Waals surface area contributed by atoms with Gasteiger partial charge in [0.2, 0.25) is 0 Å². The number of carbonyl (C=O) groups excluding carboxylic acids is 1. The molecule has 0 saturated carbocycles. The SMILES string of the molecule is CCCCCCOc1ccccc1C(=O)Nc1ccc([N+](=O)[O-])cc1C. The molecule has 2 aromatic carbocycles. The second kappa shape index (κ2) is 9.56. The highest BCUT2D eigenvalue weighted by atomic mass is 16.6. The van der Waals surface area contributed by atoms with Crippen molar-refractivity contribution in [3.8, 4) is 5.75 Å². The lowest BCUT2D eigenvalue weighted by Crippen LogP contribution is -2.14. The second-order valence-electron chi connectivity index (χ2n) is 6.12. The number of carbonyl (C=O) groups is 1. The van der Waals surface area contributed by atoms with E-state index in [1.165, 1.54) is 18.6 Å². The van der Waals surface area contributed by atoms with E-state index >= 15 is 0 Å². The van der Waals surface area contributed by atoms with Gasteiger partial charge in [0, 0.05) is 17.8 Å². The highest BCUT2D eigenvalue weighted by Gasteiger charge is 2.15. The molecule has 0 aliphatic rings. The van der Waals surface area contributed by atoms with Crippen molar-refractivity contribution in [3.63, 3.8) is 0 Å². The van der Waals surface area contributed by atoms with Gasteiger partial charge in [-0.1, -0.05) is 38.3 Å². The molecule has 26 heavy (non-hydrogen) atoms. The monoisotopic (exact) mass is 356 g/mol. The topological polar surface area (TPSA) is 81.5 Å². The average molecular weight is 356 g/mol. The van der Waals surface area contributed by atoms with Crippen molar-refractivity contribution >= 4 is 17.3 Å². The van der Waals surface area contributed by atoms with Crippen LogP contribution in [0.2, 0.25) is 0 Å². The van der Waals surface area contributed by atoms with Crippen LogP contribution in [0.4, 0.5) is 11.4 Å². The van der Waals surface area contributed by atoms with Gasteiger partial charge in [-0.2, -0.15) is 0 Å². The summed E-state index contributed by atoms with van der Waals surface area (Å²) in [5.74, 6) is 0.243. The summed E-state index contributed by atoms with van der Waals surface area (Å²) in [7, 11) is 0. The molecule has 0 saturated heterocycles. The van der Waals surface area contributed by atoms with Crippen LogP contribution in [0.15, 0.2) is 42.5 Å². The number of aryl methyl sites for hydroxylation is 1. The molecule has 0 atom stereocenters. The highest BCUT2D eigenvalue weighted by Crippen LogP contribution is 2.24. The van der Waals surface area contributed by atoms with E-state index in [9.17, 15) is 14.9 Å². The van der Waals surface area contributed by atoms with Gasteiger partial charge in [-0.05, 0) is 37.1 Å². The van der Waals surface area contributed by atoms with Crippen LogP contribution in [-0.2, 0) is 0 Å². The van der Waals surface area contributed by atoms with Crippen molar-refractivity contribution in [2.45, 2.75) is 39.5 Å². The Kier molecular flexibility index (Phi) is 7.14. The molecule has 6 heteroatoms. The summed E-state index contributed by atoms with van der Waals surface area (Å²) in [4.78, 5) is 23.0. The Hall–Kier alpha value is -2.89. The molecule has 0 fully saturated rings. The van der Waals surface area contributed by atoms with Crippen molar-refractivity contribution in [1.29, 1.82) is 0 Å². The van der Waals surface area contributed by atoms with Gasteiger partial charge in [0.25, 0.3) is 11.6 Å². The fourth-order valence-corrected chi connectivity index (χ4v) is 2.58. The van der Waals surface area contributed by atoms with E-state index in [1.54, 1.807) is 31.2 Å². The minimum absolute atomic E-state index is 0.00342. The molecule has 0 heterocycles. The van der Waals surface area contributed by atoms with Gasteiger partial charge in [0.15, 0.2) is 0 Å². The normalized spacial score (nSPS) is 10.4. The van der Waals surface area contributed by atoms with Gasteiger partial charge in [-0.15, -0.1) is 0 Å². The molecule has 0 spiro atoms. The number of amides is 1. The molecular weight excluding hydrogens is 332 g/mol. The summed E-state index contributed by atoms with van der Waals surface area (Å²) in [6, 6.07) is 11.4. The number of unbranched alkanes of at least 4 members (excludes halogenated alkanes) is 3. The maximum atomic E-state index is 12.6. The van der Waals surface area contributed by atoms with E-state index in [0.717, 1.165) is 19.3 Å². The summed E-state index contributed by atoms with van der Waals surface area (Å²) in [5, 5.41) is 13.6. The standard InChI is InChI=1S/C20H24N2O4/c1-3-4-5-8-13-26-19-10-7-6-9-17(19)20(23)21-18-12-11-16(22(24)25)14-15(18)2/h6-7,9-12,14H,3-5,8,13H2,1-2H3,(H,21,23). The first-order chi connectivity index (χ1) is 12.5. The summed E-state index contributed by atoms with van der Waals surface area (Å²) in [5.41, 5.74) is 1.61. The largest absolute Gasteiger partial charge is 0.493 e. The van der Waals surface area contributed by atoms with Crippen LogP contribution in [0.3, 0.4) is 0 Å². The van der Waals surface area contributed by atoms with E-state index in [-0.39, 0.29) is 11.6 Å². The minimum Gasteiger partial charge on any atom is -0.493 e. The summed E-state index contributed by atoms with van der Waals surface area (Å²) in [6.07, 6.45) is 4.39. The lowest BCUT2D eigenvalue weighted by atomic mass is 10.1. The van der Waals surface area contributed by atoms with Gasteiger partial charge in [-0.25, -0.2) is 0 Å². The van der Waals surface area contributed by atoms with E-state index in [1.807, 2.05) is 6.07 Å². The number of benzene rings is 2. The number of anilines is 1. The number of nitro groups is 1. The van der Waals surface area contributed by atoms with Gasteiger partial charge in [-0.3, -0.25) is 14.9 Å². The molecule has 0 aromatic heterocycles. The van der Waals surface area contributed by atoms with Crippen molar-refractivity contribution in [3.05, 3.63) is 63.7 Å². The molecule has 0 radical (unpaired) electrons. The molecule has 2 rings (SSSR count). The Morgan fingerprint density at radius 1 is 1.15 bits per heavy atom. The van der Waals surface area contributed by atoms with Crippen molar-refractivity contribution in [1.82, 2.24) is 0 Å². The fourth-order valence-electron chi connectivity index (χ4n) is 2.58. The average Bonchev–Trinajstić information content (AvgIpc) is 2.63. The molecule has 2 aromatic rings. The molecular formula is C20H24N2O4. The smallest absolute Gasteiger partial charge is 0.269 e. The molecule has 1 N–H and O–H groups in total. The highest BCUT2D eigenvalue weighted by molar-refractivity contribution is 6.06. The number of nitrogens with zero attached hydrogens (tertiary/aromatic N) is 1. The first-order valence-electron chi connectivity index (χ1n) is 8.81. The fraction of sp³-hybridized carbons (Fsp3) is 0.350. The van der Waals surface area contributed by atoms with Crippen LogP contribution in [-0.4, -0.2) is 17.4 Å². The zero-order valence-electron chi connectivity index (χ0n) is 15.2. The molecule has 0 bridgehead atoms. The van der Waals surface area contributed by atoms with Crippen LogP contribution < -0.4 is 10.1 Å². The number of hydrogen-bond donors (Lipinski definition) is 1. The minimum atomic E-state index is -0.458. The Morgan fingerprint density at radius 2 is 1.92 bits per heavy atom. The van der Waals surface area contributed by atoms with Gasteiger partial charge >= 0.3 is 0 Å². The van der Waals surface area contributed by atoms with Crippen molar-refractivity contribution < 1.29 is 14.5 Å². The Bertz CT molecular complexity index is 774. The second-order valence-corrected chi connectivity index (χ2v) is 6.12. The number of hydrogen-bond acceptors (Lipinski definition) is 4. The maximum Gasteiger partial charge on any atom is 0.269 e. The number of rotatable bonds is 9. The zero-order chi connectivity index (χ0) is 18.9. The van der Waals surface area contributed by atoms with E-state index in [4.69, 9.17) is 4.74 Å². The predicted octanol–water partition coefficient (Wildman–Crippen LogP) is 5.11. The number of para-hydroxylation sites is 1. The number of nitrogens with one attached hydrogen (secondary N) is 1. The number of nitro benzene ring substituents is 1. The van der Waals surface area contributed by atoms with Crippen LogP contribution in [0, 0.1) is 17.0 Å². The van der Waals surface area contributed by atoms with Crippen molar-refractivity contribution in [2.75, 3.05) is 11.9 Å². The van der Waals surface area contributed by atoms with Crippen LogP contribution in [0.1, 0.15) is 48.5 Å². The quantitative estimate of drug-likeness (QED) is 0.384. The molecule has 0 aliphatic carbocycles. The van der Waals surface area contributed by atoms with Gasteiger partial charge < -0.3 is 10.1 Å². The molecule has 138 valence electrons. The van der Waals surface area contributed by atoms with Crippen molar-refractivity contribution in [2.24, 2.45) is 0 Å². The zero-order valence-corrected chi connectivity index (χ0v) is 15.2. The Labute approximate surface area is 153 Å². The first-order valence-corrected chi connectivity index (χ1v) is 8.81. The van der Waals surface area contributed by atoms with E-state index in [0.29, 0.717) is 29.2 Å². The van der Waals surface area contributed by atoms with Gasteiger partial charge in [0.1, 0.15) is 5.75 Å². The first kappa shape index (κ1) is 19.4. The van der Waals surface area contributed by atoms with Crippen LogP contribution >= 0.6 is 0 Å². The van der Waals surface area contributed by atoms with E-state index in [2.05, 4.69) is 12.2 Å². The predicted molar refractivity (Wildman–Crippen MR) is 102 cm³/mol. The third-order valence-electron chi connectivity index (χ3n) is 4.06. The Morgan fingerprint density at radius 3 is 2.62 bits per heavy atom. The lowest BCUT2D eigenvalue weighted by Gasteiger charge is -2.13. The van der Waals surface area contributed by atoms with E-state index < -0.39 is 4.92 Å². The summed E-state index contributed by atoms with van der Waals surface area (Å²) < 4.78 is 5.77. The Balaban J connectivity index is 2.06. The van der Waals surface area contributed by atoms with Crippen LogP contribution in [0.25, 0.3) is 0 Å². The number of ether oxygens (including phenoxy) is 1. The molecule has 1 amide bonds. The third-order valence-corrected chi connectivity index (χ3v) is 4.06. The number of non-ortho nitro benzene ring substituents is 1. The van der Waals surface area contributed by atoms with Crippen LogP contribution in [0.5, 0.6) is 5.75 Å². The molecule has 0 unspecified atom stereocenters. The van der Waals surface area contributed by atoms with Gasteiger partial charge in [0.05, 0.1) is 17.1 Å². The molecule has 0 aliphatic heterocycles. The summed E-state index contributed by atoms with van der Waals surface area (Å²) >= 11 is 0. The third kappa shape index (κ3) is 5.31. The maximum absolute atomic E-state index is 12.6. The summed E-state index contributed by atoms with van der Waals surface area (Å²) in [6.45, 7) is 4.44.